The van der Waals surface area contributed by atoms with Crippen LogP contribution in [0, 0.1) is 16.7 Å². The third kappa shape index (κ3) is 2.05. The predicted molar refractivity (Wildman–Crippen MR) is 84.4 cm³/mol. The van der Waals surface area contributed by atoms with Crippen LogP contribution < -0.4 is 5.32 Å². The molecule has 3 atom stereocenters. The summed E-state index contributed by atoms with van der Waals surface area (Å²) in [7, 11) is 1.87. The van der Waals surface area contributed by atoms with Crippen molar-refractivity contribution in [1.29, 1.82) is 0 Å². The minimum atomic E-state index is -0.188. The maximum Gasteiger partial charge on any atom is 0.338 e. The highest BCUT2D eigenvalue weighted by molar-refractivity contribution is 5.90. The Balaban J connectivity index is 1.74. The number of benzene rings is 1. The van der Waals surface area contributed by atoms with Crippen molar-refractivity contribution >= 4 is 11.7 Å². The molecule has 3 unspecified atom stereocenters. The molecule has 2 bridgehead atoms. The highest BCUT2D eigenvalue weighted by Gasteiger charge is 2.62. The van der Waals surface area contributed by atoms with E-state index in [1.807, 2.05) is 31.3 Å². The number of fused-ring (bicyclic) bond motifs is 2. The van der Waals surface area contributed by atoms with Crippen LogP contribution in [0.3, 0.4) is 0 Å². The summed E-state index contributed by atoms with van der Waals surface area (Å²) in [4.78, 5) is 12.4. The van der Waals surface area contributed by atoms with Gasteiger partial charge in [-0.3, -0.25) is 0 Å². The van der Waals surface area contributed by atoms with E-state index in [1.165, 1.54) is 12.8 Å². The zero-order valence-corrected chi connectivity index (χ0v) is 13.4. The van der Waals surface area contributed by atoms with E-state index >= 15 is 0 Å². The van der Waals surface area contributed by atoms with Crippen LogP contribution in [-0.2, 0) is 4.74 Å². The summed E-state index contributed by atoms with van der Waals surface area (Å²) in [5, 5.41) is 3.05. The van der Waals surface area contributed by atoms with E-state index in [9.17, 15) is 4.79 Å². The first-order valence-electron chi connectivity index (χ1n) is 7.87. The maximum atomic E-state index is 12.4. The molecular weight excluding hydrogens is 262 g/mol. The Hall–Kier alpha value is -1.51. The van der Waals surface area contributed by atoms with Gasteiger partial charge in [-0.2, -0.15) is 0 Å². The number of esters is 1. The van der Waals surface area contributed by atoms with Crippen molar-refractivity contribution in [2.24, 2.45) is 16.7 Å². The summed E-state index contributed by atoms with van der Waals surface area (Å²) in [5.74, 6) is 0.499. The highest BCUT2D eigenvalue weighted by Crippen LogP contribution is 2.66. The van der Waals surface area contributed by atoms with Crippen LogP contribution in [0.15, 0.2) is 24.3 Å². The van der Waals surface area contributed by atoms with Gasteiger partial charge in [-0.25, -0.2) is 4.79 Å². The van der Waals surface area contributed by atoms with E-state index in [0.717, 1.165) is 12.1 Å². The fourth-order valence-electron chi connectivity index (χ4n) is 4.28. The number of carbonyl (C=O) groups excluding carboxylic acids is 1. The Bertz CT molecular complexity index is 549. The van der Waals surface area contributed by atoms with Crippen molar-refractivity contribution in [2.75, 3.05) is 12.4 Å². The summed E-state index contributed by atoms with van der Waals surface area (Å²) >= 11 is 0. The van der Waals surface area contributed by atoms with E-state index in [2.05, 4.69) is 26.1 Å². The first-order chi connectivity index (χ1) is 9.88. The van der Waals surface area contributed by atoms with Crippen LogP contribution in [0.1, 0.15) is 50.4 Å². The lowest BCUT2D eigenvalue weighted by Gasteiger charge is -2.38. The summed E-state index contributed by atoms with van der Waals surface area (Å²) in [6.07, 6.45) is 3.52. The summed E-state index contributed by atoms with van der Waals surface area (Å²) in [6, 6.07) is 7.47. The van der Waals surface area contributed by atoms with Crippen LogP contribution >= 0.6 is 0 Å². The second-order valence-corrected chi connectivity index (χ2v) is 7.33. The van der Waals surface area contributed by atoms with Crippen LogP contribution in [0.25, 0.3) is 0 Å². The molecule has 0 amide bonds. The Kier molecular flexibility index (Phi) is 3.27. The number of hydrogen-bond acceptors (Lipinski definition) is 3. The second-order valence-electron chi connectivity index (χ2n) is 7.33. The van der Waals surface area contributed by atoms with E-state index in [1.54, 1.807) is 0 Å². The predicted octanol–water partition coefficient (Wildman–Crippen LogP) is 4.10. The first-order valence-corrected chi connectivity index (χ1v) is 7.87. The monoisotopic (exact) mass is 287 g/mol. The molecule has 0 aliphatic heterocycles. The van der Waals surface area contributed by atoms with Gasteiger partial charge in [-0.05, 0) is 54.9 Å². The zero-order chi connectivity index (χ0) is 15.3. The molecule has 1 aromatic rings. The van der Waals surface area contributed by atoms with Gasteiger partial charge in [0.2, 0.25) is 0 Å². The molecule has 1 N–H and O–H groups in total. The molecule has 2 fully saturated rings. The Morgan fingerprint density at radius 3 is 2.38 bits per heavy atom. The highest BCUT2D eigenvalue weighted by atomic mass is 16.5. The van der Waals surface area contributed by atoms with E-state index < -0.39 is 0 Å². The Morgan fingerprint density at radius 2 is 1.90 bits per heavy atom. The molecule has 0 spiro atoms. The van der Waals surface area contributed by atoms with Crippen molar-refractivity contribution < 1.29 is 9.53 Å². The lowest BCUT2D eigenvalue weighted by Crippen LogP contribution is -2.38. The van der Waals surface area contributed by atoms with Crippen LogP contribution in [0.2, 0.25) is 0 Å². The smallest absolute Gasteiger partial charge is 0.338 e. The molecule has 0 aromatic heterocycles. The van der Waals surface area contributed by atoms with Crippen molar-refractivity contribution in [3.8, 4) is 0 Å². The Labute approximate surface area is 127 Å². The average molecular weight is 287 g/mol. The molecule has 3 nitrogen and oxygen atoms in total. The van der Waals surface area contributed by atoms with Gasteiger partial charge >= 0.3 is 5.97 Å². The second kappa shape index (κ2) is 4.75. The summed E-state index contributed by atoms with van der Waals surface area (Å²) in [5.41, 5.74) is 2.03. The minimum absolute atomic E-state index is 0.0581. The first kappa shape index (κ1) is 14.4. The van der Waals surface area contributed by atoms with Crippen LogP contribution in [-0.4, -0.2) is 19.1 Å². The molecule has 2 aliphatic carbocycles. The molecule has 0 saturated heterocycles. The summed E-state index contributed by atoms with van der Waals surface area (Å²) in [6.45, 7) is 6.96. The van der Waals surface area contributed by atoms with Crippen LogP contribution in [0.4, 0.5) is 5.69 Å². The number of nitrogens with one attached hydrogen (secondary N) is 1. The van der Waals surface area contributed by atoms with Gasteiger partial charge in [0.15, 0.2) is 0 Å². The number of ether oxygens (including phenoxy) is 1. The molecule has 21 heavy (non-hydrogen) atoms. The van der Waals surface area contributed by atoms with Gasteiger partial charge < -0.3 is 10.1 Å². The molecular formula is C18H25NO2. The molecule has 0 heterocycles. The van der Waals surface area contributed by atoms with E-state index in [4.69, 9.17) is 4.74 Å². The van der Waals surface area contributed by atoms with E-state index in [-0.39, 0.29) is 22.9 Å². The van der Waals surface area contributed by atoms with Gasteiger partial charge in [0.05, 0.1) is 5.56 Å². The van der Waals surface area contributed by atoms with Crippen molar-refractivity contribution in [3.05, 3.63) is 29.8 Å². The quantitative estimate of drug-likeness (QED) is 0.851. The zero-order valence-electron chi connectivity index (χ0n) is 13.4. The normalized spacial score (nSPS) is 33.0. The maximum absolute atomic E-state index is 12.4. The van der Waals surface area contributed by atoms with Crippen molar-refractivity contribution in [3.63, 3.8) is 0 Å². The third-order valence-electron chi connectivity index (χ3n) is 6.37. The molecule has 114 valence electrons. The van der Waals surface area contributed by atoms with Gasteiger partial charge in [0, 0.05) is 18.2 Å². The SMILES string of the molecule is CNc1ccc(C(=O)OC2CC3CCC2(C)C3(C)C)cc1. The standard InChI is InChI=1S/C18H25NO2/c1-17(2)13-9-10-18(17,3)15(11-13)21-16(20)12-5-7-14(19-4)8-6-12/h5-8,13,15,19H,9-11H2,1-4H3. The Morgan fingerprint density at radius 1 is 1.24 bits per heavy atom. The van der Waals surface area contributed by atoms with Gasteiger partial charge in [0.1, 0.15) is 6.10 Å². The lowest BCUT2D eigenvalue weighted by atomic mass is 9.70. The summed E-state index contributed by atoms with van der Waals surface area (Å²) < 4.78 is 5.88. The molecule has 2 saturated carbocycles. The van der Waals surface area contributed by atoms with Gasteiger partial charge in [-0.1, -0.05) is 20.8 Å². The van der Waals surface area contributed by atoms with Crippen molar-refractivity contribution in [1.82, 2.24) is 0 Å². The molecule has 3 rings (SSSR count). The number of carbonyl (C=O) groups is 1. The molecule has 3 heteroatoms. The number of anilines is 1. The third-order valence-corrected chi connectivity index (χ3v) is 6.37. The minimum Gasteiger partial charge on any atom is -0.458 e. The average Bonchev–Trinajstić information content (AvgIpc) is 2.80. The topological polar surface area (TPSA) is 38.3 Å². The van der Waals surface area contributed by atoms with Crippen molar-refractivity contribution in [2.45, 2.75) is 46.1 Å². The van der Waals surface area contributed by atoms with Gasteiger partial charge in [0.25, 0.3) is 0 Å². The molecule has 2 aliphatic rings. The number of hydrogen-bond donors (Lipinski definition) is 1. The number of rotatable bonds is 3. The fourth-order valence-corrected chi connectivity index (χ4v) is 4.28. The largest absolute Gasteiger partial charge is 0.458 e. The van der Waals surface area contributed by atoms with Crippen LogP contribution in [0.5, 0.6) is 0 Å². The van der Waals surface area contributed by atoms with E-state index in [0.29, 0.717) is 11.5 Å². The lowest BCUT2D eigenvalue weighted by molar-refractivity contribution is -0.0242. The molecule has 1 aromatic carbocycles. The fraction of sp³-hybridized carbons (Fsp3) is 0.611. The van der Waals surface area contributed by atoms with Gasteiger partial charge in [-0.15, -0.1) is 0 Å². The molecule has 0 radical (unpaired) electrons.